The Morgan fingerprint density at radius 1 is 1.21 bits per heavy atom. The van der Waals surface area contributed by atoms with E-state index in [0.29, 0.717) is 31.6 Å². The summed E-state index contributed by atoms with van der Waals surface area (Å²) in [6.07, 6.45) is 6.78. The summed E-state index contributed by atoms with van der Waals surface area (Å²) in [5, 5.41) is 10.4. The van der Waals surface area contributed by atoms with Gasteiger partial charge in [0, 0.05) is 36.8 Å². The first kappa shape index (κ1) is 18.7. The van der Waals surface area contributed by atoms with Gasteiger partial charge in [-0.3, -0.25) is 14.7 Å². The Labute approximate surface area is 165 Å². The molecule has 1 aromatic heterocycles. The molecule has 2 heterocycles. The normalized spacial score (nSPS) is 17.2. The van der Waals surface area contributed by atoms with Crippen LogP contribution in [-0.4, -0.2) is 39.5 Å². The van der Waals surface area contributed by atoms with Crippen molar-refractivity contribution < 1.29 is 9.59 Å². The largest absolute Gasteiger partial charge is 0.348 e. The van der Waals surface area contributed by atoms with Gasteiger partial charge >= 0.3 is 0 Å². The number of benzene rings is 1. The maximum atomic E-state index is 12.8. The van der Waals surface area contributed by atoms with Crippen molar-refractivity contribution in [2.75, 3.05) is 6.54 Å². The van der Waals surface area contributed by atoms with E-state index in [1.54, 1.807) is 0 Å². The third kappa shape index (κ3) is 3.96. The number of carbonyl (C=O) groups excluding carboxylic acids is 2. The number of nitrogens with zero attached hydrogens (tertiary/aromatic N) is 2. The van der Waals surface area contributed by atoms with Crippen LogP contribution < -0.4 is 5.32 Å². The summed E-state index contributed by atoms with van der Waals surface area (Å²) in [5.74, 6) is -0.0163. The fourth-order valence-electron chi connectivity index (χ4n) is 4.28. The molecule has 6 heteroatoms. The van der Waals surface area contributed by atoms with Gasteiger partial charge in [-0.15, -0.1) is 0 Å². The molecule has 1 aromatic carbocycles. The number of nitrogens with one attached hydrogen (secondary N) is 2. The summed E-state index contributed by atoms with van der Waals surface area (Å²) in [5.41, 5.74) is 4.49. The highest BCUT2D eigenvalue weighted by molar-refractivity contribution is 5.94. The first-order valence-electron chi connectivity index (χ1n) is 10.3. The van der Waals surface area contributed by atoms with Gasteiger partial charge in [0.05, 0.1) is 6.42 Å². The van der Waals surface area contributed by atoms with E-state index in [9.17, 15) is 9.59 Å². The van der Waals surface area contributed by atoms with Crippen molar-refractivity contribution in [3.05, 3.63) is 52.3 Å². The van der Waals surface area contributed by atoms with Gasteiger partial charge in [0.2, 0.25) is 5.91 Å². The maximum Gasteiger partial charge on any atom is 0.272 e. The van der Waals surface area contributed by atoms with Crippen LogP contribution in [0.15, 0.2) is 24.3 Å². The minimum atomic E-state index is -0.113. The average Bonchev–Trinajstić information content (AvgIpc) is 3.14. The Kier molecular flexibility index (Phi) is 5.46. The lowest BCUT2D eigenvalue weighted by atomic mass is 9.95. The molecule has 1 aliphatic carbocycles. The molecule has 0 saturated heterocycles. The molecule has 4 rings (SSSR count). The Morgan fingerprint density at radius 3 is 2.79 bits per heavy atom. The van der Waals surface area contributed by atoms with Crippen LogP contribution in [0.4, 0.5) is 0 Å². The molecule has 2 amide bonds. The van der Waals surface area contributed by atoms with Gasteiger partial charge in [0.15, 0.2) is 5.69 Å². The Balaban J connectivity index is 1.44. The van der Waals surface area contributed by atoms with E-state index >= 15 is 0 Å². The molecule has 0 atom stereocenters. The van der Waals surface area contributed by atoms with Gasteiger partial charge in [0.1, 0.15) is 0 Å². The SMILES string of the molecule is Cc1ccccc1CC(=O)N1CCc2[nH]nc(C(=O)NC3CCCCC3)c2C1. The highest BCUT2D eigenvalue weighted by atomic mass is 16.2. The van der Waals surface area contributed by atoms with Crippen LogP contribution in [0.2, 0.25) is 0 Å². The molecular weight excluding hydrogens is 352 g/mol. The lowest BCUT2D eigenvalue weighted by Crippen LogP contribution is -2.39. The molecule has 28 heavy (non-hydrogen) atoms. The number of fused-ring (bicyclic) bond motifs is 1. The number of aromatic nitrogens is 2. The molecule has 0 bridgehead atoms. The number of carbonyl (C=O) groups is 2. The third-order valence-electron chi connectivity index (χ3n) is 6.04. The smallest absolute Gasteiger partial charge is 0.272 e. The monoisotopic (exact) mass is 380 g/mol. The van der Waals surface area contributed by atoms with Crippen molar-refractivity contribution in [2.24, 2.45) is 0 Å². The van der Waals surface area contributed by atoms with E-state index < -0.39 is 0 Å². The zero-order valence-electron chi connectivity index (χ0n) is 16.5. The van der Waals surface area contributed by atoms with E-state index in [1.807, 2.05) is 36.1 Å². The molecule has 0 radical (unpaired) electrons. The summed E-state index contributed by atoms with van der Waals surface area (Å²) >= 11 is 0. The summed E-state index contributed by atoms with van der Waals surface area (Å²) < 4.78 is 0. The van der Waals surface area contributed by atoms with Gasteiger partial charge in [-0.25, -0.2) is 0 Å². The van der Waals surface area contributed by atoms with Gasteiger partial charge in [-0.2, -0.15) is 5.10 Å². The highest BCUT2D eigenvalue weighted by Crippen LogP contribution is 2.23. The topological polar surface area (TPSA) is 78.1 Å². The quantitative estimate of drug-likeness (QED) is 0.856. The van der Waals surface area contributed by atoms with Crippen LogP contribution in [0, 0.1) is 6.92 Å². The van der Waals surface area contributed by atoms with Crippen LogP contribution in [0.3, 0.4) is 0 Å². The van der Waals surface area contributed by atoms with Crippen LogP contribution in [0.25, 0.3) is 0 Å². The molecule has 1 aliphatic heterocycles. The van der Waals surface area contributed by atoms with Crippen LogP contribution in [0.5, 0.6) is 0 Å². The van der Waals surface area contributed by atoms with E-state index in [2.05, 4.69) is 15.5 Å². The first-order chi connectivity index (χ1) is 13.6. The van der Waals surface area contributed by atoms with Crippen LogP contribution in [-0.2, 0) is 24.2 Å². The molecule has 6 nitrogen and oxygen atoms in total. The van der Waals surface area contributed by atoms with Gasteiger partial charge in [-0.05, 0) is 30.9 Å². The summed E-state index contributed by atoms with van der Waals surface area (Å²) in [6.45, 7) is 3.13. The van der Waals surface area contributed by atoms with E-state index in [4.69, 9.17) is 0 Å². The Hall–Kier alpha value is -2.63. The molecule has 1 saturated carbocycles. The van der Waals surface area contributed by atoms with Crippen molar-refractivity contribution in [3.8, 4) is 0 Å². The van der Waals surface area contributed by atoms with Gasteiger partial charge < -0.3 is 10.2 Å². The Bertz CT molecular complexity index is 867. The van der Waals surface area contributed by atoms with E-state index in [-0.39, 0.29) is 17.9 Å². The number of rotatable bonds is 4. The van der Waals surface area contributed by atoms with Crippen LogP contribution in [0.1, 0.15) is 65.0 Å². The lowest BCUT2D eigenvalue weighted by Gasteiger charge is -2.28. The second-order valence-corrected chi connectivity index (χ2v) is 8.01. The van der Waals surface area contributed by atoms with Crippen molar-refractivity contribution in [3.63, 3.8) is 0 Å². The maximum absolute atomic E-state index is 12.8. The minimum absolute atomic E-state index is 0.0970. The minimum Gasteiger partial charge on any atom is -0.348 e. The summed E-state index contributed by atoms with van der Waals surface area (Å²) in [7, 11) is 0. The standard InChI is InChI=1S/C22H28N4O2/c1-15-7-5-6-8-16(15)13-20(27)26-12-11-19-18(14-26)21(25-24-19)22(28)23-17-9-3-2-4-10-17/h5-8,17H,2-4,9-14H2,1H3,(H,23,28)(H,24,25). The number of hydrogen-bond acceptors (Lipinski definition) is 3. The van der Waals surface area contributed by atoms with E-state index in [0.717, 1.165) is 35.2 Å². The zero-order chi connectivity index (χ0) is 19.5. The molecule has 148 valence electrons. The summed E-state index contributed by atoms with van der Waals surface area (Å²) in [4.78, 5) is 27.5. The number of hydrogen-bond donors (Lipinski definition) is 2. The van der Waals surface area contributed by atoms with Crippen LogP contribution >= 0.6 is 0 Å². The number of amides is 2. The predicted octanol–water partition coefficient (Wildman–Crippen LogP) is 2.91. The molecule has 0 spiro atoms. The third-order valence-corrected chi connectivity index (χ3v) is 6.04. The Morgan fingerprint density at radius 2 is 2.00 bits per heavy atom. The molecule has 2 aliphatic rings. The number of aryl methyl sites for hydroxylation is 1. The zero-order valence-corrected chi connectivity index (χ0v) is 16.5. The number of aromatic amines is 1. The molecule has 2 N–H and O–H groups in total. The average molecular weight is 380 g/mol. The van der Waals surface area contributed by atoms with Gasteiger partial charge in [0.25, 0.3) is 5.91 Å². The fraction of sp³-hybridized carbons (Fsp3) is 0.500. The molecular formula is C22H28N4O2. The fourth-order valence-corrected chi connectivity index (χ4v) is 4.28. The van der Waals surface area contributed by atoms with Crippen molar-refractivity contribution in [1.82, 2.24) is 20.4 Å². The van der Waals surface area contributed by atoms with Crippen molar-refractivity contribution >= 4 is 11.8 Å². The first-order valence-corrected chi connectivity index (χ1v) is 10.3. The number of H-pyrrole nitrogens is 1. The highest BCUT2D eigenvalue weighted by Gasteiger charge is 2.29. The lowest BCUT2D eigenvalue weighted by molar-refractivity contribution is -0.131. The second kappa shape index (κ2) is 8.17. The summed E-state index contributed by atoms with van der Waals surface area (Å²) in [6, 6.07) is 8.23. The molecule has 0 unspecified atom stereocenters. The predicted molar refractivity (Wildman–Crippen MR) is 107 cm³/mol. The molecule has 2 aromatic rings. The van der Waals surface area contributed by atoms with E-state index in [1.165, 1.54) is 19.3 Å². The van der Waals surface area contributed by atoms with Crippen molar-refractivity contribution in [2.45, 2.75) is 64.5 Å². The van der Waals surface area contributed by atoms with Crippen molar-refractivity contribution in [1.29, 1.82) is 0 Å². The van der Waals surface area contributed by atoms with Gasteiger partial charge in [-0.1, -0.05) is 43.5 Å². The second-order valence-electron chi connectivity index (χ2n) is 8.01. The molecule has 1 fully saturated rings.